The molecule has 202 valence electrons. The number of rotatable bonds is 7. The van der Waals surface area contributed by atoms with Crippen molar-refractivity contribution in [2.24, 2.45) is 52.3 Å². The van der Waals surface area contributed by atoms with Gasteiger partial charge in [0.15, 0.2) is 0 Å². The zero-order chi connectivity index (χ0) is 25.8. The molecule has 4 unspecified atom stereocenters. The van der Waals surface area contributed by atoms with Crippen molar-refractivity contribution in [2.75, 3.05) is 6.29 Å². The van der Waals surface area contributed by atoms with E-state index in [4.69, 9.17) is 9.79 Å². The van der Waals surface area contributed by atoms with Gasteiger partial charge in [0.05, 0.1) is 12.2 Å². The molecule has 11 atom stereocenters. The van der Waals surface area contributed by atoms with Crippen LogP contribution in [0, 0.1) is 52.3 Å². The van der Waals surface area contributed by atoms with Crippen LogP contribution in [0.1, 0.15) is 91.9 Å². The Labute approximate surface area is 211 Å². The largest absolute Gasteiger partial charge is 0.393 e. The van der Waals surface area contributed by atoms with Gasteiger partial charge in [0.1, 0.15) is 6.29 Å². The molecule has 4 aliphatic carbocycles. The molecule has 0 bridgehead atoms. The molecule has 35 heavy (non-hydrogen) atoms. The first-order valence-corrected chi connectivity index (χ1v) is 15.8. The zero-order valence-electron chi connectivity index (χ0n) is 22.0. The van der Waals surface area contributed by atoms with Gasteiger partial charge in [0, 0.05) is 6.42 Å². The number of carbonyl (C=O) groups is 1. The lowest BCUT2D eigenvalue weighted by Crippen LogP contribution is -2.62. The van der Waals surface area contributed by atoms with Crippen LogP contribution in [0.15, 0.2) is 0 Å². The maximum Gasteiger partial charge on any atom is 0.344 e. The van der Waals surface area contributed by atoms with E-state index in [-0.39, 0.29) is 41.3 Å². The van der Waals surface area contributed by atoms with E-state index >= 15 is 0 Å². The predicted molar refractivity (Wildman–Crippen MR) is 135 cm³/mol. The summed E-state index contributed by atoms with van der Waals surface area (Å²) in [6, 6.07) is 0. The second-order valence-corrected chi connectivity index (χ2v) is 14.7. The van der Waals surface area contributed by atoms with Gasteiger partial charge in [-0.2, -0.15) is 0 Å². The molecule has 8 heteroatoms. The lowest BCUT2D eigenvalue weighted by molar-refractivity contribution is -0.203. The molecular weight excluding hydrogens is 465 g/mol. The Morgan fingerprint density at radius 3 is 2.34 bits per heavy atom. The minimum atomic E-state index is -4.23. The Hall–Kier alpha value is -0.460. The van der Waals surface area contributed by atoms with Crippen LogP contribution in [0.25, 0.3) is 0 Å². The monoisotopic (exact) mass is 513 g/mol. The van der Waals surface area contributed by atoms with Crippen LogP contribution in [0.5, 0.6) is 0 Å². The molecule has 0 saturated heterocycles. The maximum atomic E-state index is 12.2. The highest BCUT2D eigenvalue weighted by Gasteiger charge is 2.64. The van der Waals surface area contributed by atoms with Crippen molar-refractivity contribution in [3.63, 3.8) is 0 Å². The van der Waals surface area contributed by atoms with Gasteiger partial charge in [0.2, 0.25) is 5.91 Å². The quantitative estimate of drug-likeness (QED) is 0.324. The minimum Gasteiger partial charge on any atom is -0.393 e. The van der Waals surface area contributed by atoms with Gasteiger partial charge in [-0.05, 0) is 104 Å². The van der Waals surface area contributed by atoms with Crippen molar-refractivity contribution in [2.45, 2.75) is 104 Å². The van der Waals surface area contributed by atoms with Crippen LogP contribution in [-0.2, 0) is 9.36 Å². The average molecular weight is 514 g/mol. The molecule has 0 aromatic heterocycles. The average Bonchev–Trinajstić information content (AvgIpc) is 3.14. The summed E-state index contributed by atoms with van der Waals surface area (Å²) in [7, 11) is -4.23. The van der Waals surface area contributed by atoms with E-state index in [0.29, 0.717) is 41.9 Å². The summed E-state index contributed by atoms with van der Waals surface area (Å²) in [5, 5.41) is 24.6. The number of aliphatic hydroxyl groups is 2. The summed E-state index contributed by atoms with van der Waals surface area (Å²) in [4.78, 5) is 30.2. The normalized spacial score (nSPS) is 46.3. The number of amides is 1. The summed E-state index contributed by atoms with van der Waals surface area (Å²) < 4.78 is 11.0. The van der Waals surface area contributed by atoms with Gasteiger partial charge < -0.3 is 25.3 Å². The molecule has 4 rings (SSSR count). The first-order valence-electron chi connectivity index (χ1n) is 14.0. The van der Waals surface area contributed by atoms with Crippen molar-refractivity contribution in [3.05, 3.63) is 0 Å². The summed E-state index contributed by atoms with van der Waals surface area (Å²) >= 11 is 0. The van der Waals surface area contributed by atoms with E-state index in [1.165, 1.54) is 0 Å². The molecule has 0 aliphatic heterocycles. The molecule has 0 aromatic carbocycles. The van der Waals surface area contributed by atoms with E-state index in [2.05, 4.69) is 33.0 Å². The molecule has 0 radical (unpaired) electrons. The first kappa shape index (κ1) is 27.6. The van der Waals surface area contributed by atoms with Crippen LogP contribution >= 0.6 is 7.60 Å². The topological polar surface area (TPSA) is 127 Å². The number of carbonyl (C=O) groups excluding carboxylic acids is 1. The number of hydrogen-bond donors (Lipinski definition) is 5. The van der Waals surface area contributed by atoms with E-state index in [1.54, 1.807) is 0 Å². The highest BCUT2D eigenvalue weighted by Crippen LogP contribution is 2.69. The van der Waals surface area contributed by atoms with Gasteiger partial charge >= 0.3 is 7.60 Å². The fourth-order valence-electron chi connectivity index (χ4n) is 9.77. The summed E-state index contributed by atoms with van der Waals surface area (Å²) in [6.45, 7) is 9.33. The molecule has 0 aromatic rings. The van der Waals surface area contributed by atoms with Gasteiger partial charge in [0.25, 0.3) is 0 Å². The molecule has 1 amide bonds. The Bertz CT molecular complexity index is 832. The smallest absolute Gasteiger partial charge is 0.344 e. The second kappa shape index (κ2) is 10.0. The maximum absolute atomic E-state index is 12.2. The standard InChI is InChI=1S/C27H48NO6P/c1-5-18-22-14-17(29)10-12-27(22,4)21-11-13-26(3)19(7-8-20(26)24(21)25(18)31)16(2)6-9-23(30)28-15-35(32,33)34/h16-22,24-25,29,31H,5-15H2,1-4H3,(H,28,30)(H2,32,33,34)/t16-,17-,18-,19?,20?,21?,22+,24?,25-,26-,27-/m1/s1. The zero-order valence-corrected chi connectivity index (χ0v) is 22.9. The van der Waals surface area contributed by atoms with Gasteiger partial charge in [-0.25, -0.2) is 0 Å². The number of hydrogen-bond acceptors (Lipinski definition) is 4. The van der Waals surface area contributed by atoms with E-state index in [0.717, 1.165) is 51.4 Å². The van der Waals surface area contributed by atoms with E-state index in [1.807, 2.05) is 0 Å². The first-order chi connectivity index (χ1) is 16.3. The Kier molecular flexibility index (Phi) is 7.89. The molecule has 4 fully saturated rings. The van der Waals surface area contributed by atoms with Gasteiger partial charge in [-0.1, -0.05) is 34.1 Å². The molecular formula is C27H48NO6P. The summed E-state index contributed by atoms with van der Waals surface area (Å²) in [5.74, 6) is 2.53. The summed E-state index contributed by atoms with van der Waals surface area (Å²) in [5.41, 5.74) is 0.353. The second-order valence-electron chi connectivity index (χ2n) is 13.1. The summed E-state index contributed by atoms with van der Waals surface area (Å²) in [6.07, 6.45) is 8.17. The van der Waals surface area contributed by atoms with Crippen LogP contribution in [0.2, 0.25) is 0 Å². The van der Waals surface area contributed by atoms with Crippen LogP contribution in [0.3, 0.4) is 0 Å². The molecule has 0 heterocycles. The van der Waals surface area contributed by atoms with Crippen LogP contribution in [0.4, 0.5) is 0 Å². The molecule has 0 spiro atoms. The third kappa shape index (κ3) is 5.02. The Morgan fingerprint density at radius 2 is 1.69 bits per heavy atom. The lowest BCUT2D eigenvalue weighted by Gasteiger charge is -2.64. The predicted octanol–water partition coefficient (Wildman–Crippen LogP) is 4.28. The van der Waals surface area contributed by atoms with Crippen molar-refractivity contribution in [3.8, 4) is 0 Å². The molecule has 7 nitrogen and oxygen atoms in total. The van der Waals surface area contributed by atoms with Crippen molar-refractivity contribution in [1.82, 2.24) is 5.32 Å². The third-order valence-electron chi connectivity index (χ3n) is 11.5. The van der Waals surface area contributed by atoms with Crippen LogP contribution in [-0.4, -0.2) is 44.4 Å². The molecule has 4 saturated carbocycles. The van der Waals surface area contributed by atoms with Gasteiger partial charge in [-0.3, -0.25) is 9.36 Å². The lowest BCUT2D eigenvalue weighted by atomic mass is 9.41. The fourth-order valence-corrected chi connectivity index (χ4v) is 10.2. The van der Waals surface area contributed by atoms with Crippen molar-refractivity contribution in [1.29, 1.82) is 0 Å². The molecule has 5 N–H and O–H groups in total. The van der Waals surface area contributed by atoms with Crippen LogP contribution < -0.4 is 5.32 Å². The number of fused-ring (bicyclic) bond motifs is 5. The van der Waals surface area contributed by atoms with E-state index < -0.39 is 13.9 Å². The molecule has 4 aliphatic rings. The third-order valence-corrected chi connectivity index (χ3v) is 12.0. The van der Waals surface area contributed by atoms with E-state index in [9.17, 15) is 19.6 Å². The van der Waals surface area contributed by atoms with Crippen molar-refractivity contribution >= 4 is 13.5 Å². The number of nitrogens with one attached hydrogen (secondary N) is 1. The Balaban J connectivity index is 1.48. The highest BCUT2D eigenvalue weighted by atomic mass is 31.2. The highest BCUT2D eigenvalue weighted by molar-refractivity contribution is 7.51. The number of aliphatic hydroxyl groups excluding tert-OH is 2. The van der Waals surface area contributed by atoms with Gasteiger partial charge in [-0.15, -0.1) is 0 Å². The SMILES string of the molecule is CC[C@H]1[C@@H](O)C2C3CCC([C@H](C)CCC(=O)NCP(=O)(O)O)[C@@]3(C)CCC2[C@@]2(C)CC[C@@H](O)C[C@@H]12. The fraction of sp³-hybridized carbons (Fsp3) is 0.963. The Morgan fingerprint density at radius 1 is 1.03 bits per heavy atom. The minimum absolute atomic E-state index is 0.152. The van der Waals surface area contributed by atoms with Crippen molar-refractivity contribution < 1.29 is 29.4 Å².